The number of benzene rings is 7. The van der Waals surface area contributed by atoms with Crippen LogP contribution in [0, 0.1) is 52.8 Å². The van der Waals surface area contributed by atoms with Crippen molar-refractivity contribution in [2.75, 3.05) is 0 Å². The fourth-order valence-corrected chi connectivity index (χ4v) is 11.3. The molecule has 0 bridgehead atoms. The number of aromatic carboxylic acids is 1. The van der Waals surface area contributed by atoms with E-state index in [1.165, 1.54) is 140 Å². The van der Waals surface area contributed by atoms with E-state index >= 15 is 0 Å². The number of rotatable bonds is 15. The smallest absolute Gasteiger partial charge is 0.354 e. The van der Waals surface area contributed by atoms with E-state index in [2.05, 4.69) is 140 Å². The van der Waals surface area contributed by atoms with Crippen LogP contribution in [0.5, 0.6) is 0 Å². The SMILES string of the molecule is CC(=O)C=C(C)O.CC(=O)C=C(C)O.CC(C)(C)C(=O)C=C(O)C(C)(C)C.CCCCCCCCc1c[c-]c(-c2ccccn2)cc1.Fc1c[c-]c(-c2ccccn2)c(F)c1.O=C(O)c1ccccn1.[Ir].[Ir].[Ir].[Ir].[Ir].[c-]1c(-c2ccccn2)sc2ccccc12.[c-]1cccc2ccc3cccnc3c12.[c-]1ccccc1-c1nccc2ccccc12. The molecule has 0 amide bonds. The Hall–Kier alpha value is -9.61. The Morgan fingerprint density at radius 3 is 1.54 bits per heavy atom. The van der Waals surface area contributed by atoms with Crippen LogP contribution in [0.2, 0.25) is 0 Å². The van der Waals surface area contributed by atoms with Crippen LogP contribution in [0.1, 0.15) is 131 Å². The number of ketones is 3. The van der Waals surface area contributed by atoms with Crippen LogP contribution >= 0.6 is 11.3 Å². The minimum Gasteiger partial charge on any atom is -0.512 e. The van der Waals surface area contributed by atoms with Gasteiger partial charge >= 0.3 is 5.97 Å². The van der Waals surface area contributed by atoms with Crippen molar-refractivity contribution in [1.82, 2.24) is 29.9 Å². The van der Waals surface area contributed by atoms with Gasteiger partial charge in [0, 0.05) is 184 Å². The average molecular weight is 2520 g/mol. The summed E-state index contributed by atoms with van der Waals surface area (Å²) in [5, 5.41) is 41.6. The molecule has 0 spiro atoms. The number of pyridine rings is 6. The summed E-state index contributed by atoms with van der Waals surface area (Å²) in [6.07, 6.45) is 23.3. The number of aliphatic hydroxyl groups excluding tert-OH is 3. The van der Waals surface area contributed by atoms with Gasteiger partial charge in [-0.05, 0) is 118 Å². The summed E-state index contributed by atoms with van der Waals surface area (Å²) < 4.78 is 27.1. The number of aryl methyl sites for hydroxylation is 1. The van der Waals surface area contributed by atoms with Crippen molar-refractivity contribution < 1.29 is 149 Å². The van der Waals surface area contributed by atoms with E-state index in [9.17, 15) is 33.1 Å². The van der Waals surface area contributed by atoms with Gasteiger partial charge in [-0.3, -0.25) is 23.2 Å². The first-order valence-electron chi connectivity index (χ1n) is 37.4. The van der Waals surface area contributed by atoms with Crippen molar-refractivity contribution in [3.63, 3.8) is 0 Å². The first-order valence-corrected chi connectivity index (χ1v) is 38.3. The minimum atomic E-state index is -0.990. The van der Waals surface area contributed by atoms with E-state index in [0.717, 1.165) is 56.1 Å². The zero-order chi connectivity index (χ0) is 83.6. The molecule has 4 N–H and O–H groups in total. The summed E-state index contributed by atoms with van der Waals surface area (Å²) >= 11 is 1.73. The number of unbranched alkanes of at least 4 members (excludes halogenated alkanes) is 5. The molecule has 0 saturated carbocycles. The largest absolute Gasteiger partial charge is 0.512 e. The van der Waals surface area contributed by atoms with E-state index in [4.69, 9.17) is 15.3 Å². The van der Waals surface area contributed by atoms with E-state index in [-0.39, 0.29) is 152 Å². The van der Waals surface area contributed by atoms with Crippen molar-refractivity contribution in [1.29, 1.82) is 0 Å². The Morgan fingerprint density at radius 2 is 1.01 bits per heavy atom. The van der Waals surface area contributed by atoms with E-state index in [1.807, 2.05) is 169 Å². The number of thiophene rings is 1. The normalized spacial score (nSPS) is 10.5. The van der Waals surface area contributed by atoms with Crippen LogP contribution in [0.4, 0.5) is 8.78 Å². The molecule has 7 aromatic carbocycles. The molecule has 0 unspecified atom stereocenters. The van der Waals surface area contributed by atoms with Crippen molar-refractivity contribution in [2.24, 2.45) is 10.8 Å². The quantitative estimate of drug-likeness (QED) is 0.0246. The fourth-order valence-electron chi connectivity index (χ4n) is 10.3. The second-order valence-electron chi connectivity index (χ2n) is 28.0. The molecule has 637 valence electrons. The molecule has 0 aliphatic heterocycles. The van der Waals surface area contributed by atoms with Gasteiger partial charge in [0.15, 0.2) is 17.3 Å². The van der Waals surface area contributed by atoms with Crippen molar-refractivity contribution in [3.8, 4) is 44.3 Å². The van der Waals surface area contributed by atoms with E-state index in [0.29, 0.717) is 5.69 Å². The Balaban J connectivity index is 0.000000682. The molecular weight excluding hydrogens is 2420 g/mol. The minimum absolute atomic E-state index is 0. The molecule has 7 aromatic heterocycles. The number of nitrogens with zero attached hydrogens (tertiary/aromatic N) is 6. The second-order valence-corrected chi connectivity index (χ2v) is 29.1. The molecule has 22 heteroatoms. The second kappa shape index (κ2) is 58.4. The molecule has 0 aliphatic rings. The molecule has 0 saturated heterocycles. The third kappa shape index (κ3) is 40.2. The number of carbonyl (C=O) groups excluding carboxylic acids is 3. The maximum absolute atomic E-state index is 13.2. The predicted octanol–water partition coefficient (Wildman–Crippen LogP) is 24.9. The molecule has 14 aromatic rings. The van der Waals surface area contributed by atoms with Gasteiger partial charge in [0.05, 0.1) is 11.5 Å². The van der Waals surface area contributed by atoms with Gasteiger partial charge in [0.1, 0.15) is 11.5 Å². The number of carboxylic acids is 1. The van der Waals surface area contributed by atoms with Gasteiger partial charge < -0.3 is 45.3 Å². The van der Waals surface area contributed by atoms with Gasteiger partial charge in [-0.15, -0.1) is 142 Å². The molecule has 14 nitrogen and oxygen atoms in total. The van der Waals surface area contributed by atoms with Gasteiger partial charge in [-0.2, -0.15) is 0 Å². The molecule has 14 rings (SSSR count). The van der Waals surface area contributed by atoms with Gasteiger partial charge in [-0.25, -0.2) is 21.1 Å². The van der Waals surface area contributed by atoms with Crippen LogP contribution in [-0.2, 0) is 121 Å². The number of halogens is 2. The summed E-state index contributed by atoms with van der Waals surface area (Å²) in [5.74, 6) is -2.30. The number of fused-ring (bicyclic) bond motifs is 5. The summed E-state index contributed by atoms with van der Waals surface area (Å²) in [6, 6.07) is 86.6. The molecule has 7 heterocycles. The average Bonchev–Trinajstić information content (AvgIpc) is 1.60. The number of carbonyl (C=O) groups is 4. The topological polar surface area (TPSA) is 227 Å². The van der Waals surface area contributed by atoms with Crippen LogP contribution in [-0.4, -0.2) is 73.6 Å². The van der Waals surface area contributed by atoms with Crippen molar-refractivity contribution in [2.45, 2.75) is 121 Å². The zero-order valence-corrected chi connectivity index (χ0v) is 81.2. The number of carboxylic acid groups (broad SMARTS) is 1. The molecule has 5 radical (unpaired) electrons. The fraction of sp³-hybridized carbons (Fsp3) is 0.204. The van der Waals surface area contributed by atoms with Crippen LogP contribution < -0.4 is 0 Å². The molecule has 0 atom stereocenters. The van der Waals surface area contributed by atoms with E-state index in [1.54, 1.807) is 47.9 Å². The number of aliphatic hydroxyl groups is 3. The third-order valence-electron chi connectivity index (χ3n) is 16.2. The molecule has 120 heavy (non-hydrogen) atoms. The predicted molar refractivity (Wildman–Crippen MR) is 462 cm³/mol. The number of aromatic nitrogens is 6. The number of hydrogen-bond acceptors (Lipinski definition) is 14. The molecule has 0 fully saturated rings. The number of hydrogen-bond donors (Lipinski definition) is 4. The van der Waals surface area contributed by atoms with Crippen molar-refractivity contribution >= 4 is 77.2 Å². The van der Waals surface area contributed by atoms with Gasteiger partial charge in [0.25, 0.3) is 0 Å². The molecule has 0 aliphatic carbocycles. The Bertz CT molecular complexity index is 5300. The summed E-state index contributed by atoms with van der Waals surface area (Å²) in [7, 11) is 0. The van der Waals surface area contributed by atoms with Crippen LogP contribution in [0.15, 0.2) is 297 Å². The Morgan fingerprint density at radius 1 is 0.458 bits per heavy atom. The Kier molecular flexibility index (Phi) is 52.7. The Labute approximate surface area is 775 Å². The van der Waals surface area contributed by atoms with E-state index < -0.39 is 23.0 Å². The van der Waals surface area contributed by atoms with Crippen molar-refractivity contribution in [3.05, 3.63) is 350 Å². The zero-order valence-electron chi connectivity index (χ0n) is 68.4. The first-order chi connectivity index (χ1) is 55.1. The third-order valence-corrected chi connectivity index (χ3v) is 17.3. The maximum Gasteiger partial charge on any atom is 0.354 e. The first kappa shape index (κ1) is 108. The van der Waals surface area contributed by atoms with Gasteiger partial charge in [-0.1, -0.05) is 202 Å². The summed E-state index contributed by atoms with van der Waals surface area (Å²) in [4.78, 5) is 67.8. The van der Waals surface area contributed by atoms with Crippen LogP contribution in [0.3, 0.4) is 0 Å². The monoisotopic (exact) mass is 2520 g/mol. The maximum atomic E-state index is 13.2. The molecular formula is C98H97F2Ir5N6O8S-5. The standard InChI is InChI=1S/C19H24N.C15H10N.C13H8NS.C13H8N.C11H6F2N.C11H20O2.C6H5NO2.2C5H8O2.5Ir/c1-2-3-4-5-6-7-10-17-12-14-18(15-13-17)19-11-8-9-16-20-19;1-2-7-13(8-3-1)15-14-9-5-4-6-12(14)10-11-16-15;1-2-7-12-10(5-1)9-13(15-12)11-6-3-4-8-14-11;1-2-6-12-10(4-1)7-8-11-5-3-9-14-13(11)12;12-8-4-5-9(10(13)7-8)11-3-1-2-6-14-11;1-10(2,3)8(12)7-9(13)11(4,5)6;8-6(9)5-3-1-2-4-7-5;2*1-4(6)3-5(2)7;;;;;/h8-9,11-14,16H,2-7,10H2,1H3;1-7,9-11H;1-8H;1-5,7-9H;1-4,6-7H;7,12H,1-6H3;1-4H,(H,8,9);2*3,6H,1-2H3;;;;;/q5*-1;;;;;;;;;. The van der Waals surface area contributed by atoms with Gasteiger partial charge in [0.2, 0.25) is 0 Å². The number of allylic oxidation sites excluding steroid dienone is 6. The van der Waals surface area contributed by atoms with Crippen LogP contribution in [0.25, 0.3) is 86.9 Å². The summed E-state index contributed by atoms with van der Waals surface area (Å²) in [5.41, 5.74) is 7.49. The summed E-state index contributed by atoms with van der Waals surface area (Å²) in [6.45, 7) is 19.1.